The number of Topliss-reactive ketones (excluding diaryl/α,β-unsaturated/α-hetero) is 2. The van der Waals surface area contributed by atoms with Crippen molar-refractivity contribution in [1.29, 1.82) is 0 Å². The maximum absolute atomic E-state index is 13.3. The molecule has 2 aliphatic rings. The lowest BCUT2D eigenvalue weighted by atomic mass is 9.84. The van der Waals surface area contributed by atoms with Crippen LogP contribution in [0.15, 0.2) is 34.4 Å². The summed E-state index contributed by atoms with van der Waals surface area (Å²) in [5, 5.41) is 11.5. The highest BCUT2D eigenvalue weighted by molar-refractivity contribution is 6.25. The Morgan fingerprint density at radius 2 is 1.56 bits per heavy atom. The van der Waals surface area contributed by atoms with Crippen LogP contribution >= 0.6 is 0 Å². The van der Waals surface area contributed by atoms with Gasteiger partial charge in [-0.1, -0.05) is 32.4 Å². The quantitative estimate of drug-likeness (QED) is 0.0611. The van der Waals surface area contributed by atoms with Crippen LogP contribution in [-0.4, -0.2) is 85.7 Å². The van der Waals surface area contributed by atoms with Gasteiger partial charge in [-0.2, -0.15) is 0 Å². The van der Waals surface area contributed by atoms with Gasteiger partial charge in [-0.15, -0.1) is 0 Å². The highest BCUT2D eigenvalue weighted by Crippen LogP contribution is 2.27. The Balaban J connectivity index is 1.94. The standard InChI is InChI=1S/C37H57BN4O8/c1-20(2)17-25(41-36(48)50-37(8,9)10)15-16-28(38)35(47)49-26-18-30(39-19-26)34(46)42-29(33(45)40-21(3)4)14-12-11-13-27-24(7)31(43)22(5)23(6)32(27)44/h15-16,20-21,25-26,28-30,39H,11-14,17-19H2,1-10H3,(H,40,45)(H,41,48)(H,42,46)/b16-15+/t25-,26?,28+,29+,30+/m1/s1. The number of hydrogen-bond acceptors (Lipinski definition) is 9. The molecule has 2 radical (unpaired) electrons. The third kappa shape index (κ3) is 13.5. The van der Waals surface area contributed by atoms with E-state index in [0.29, 0.717) is 54.4 Å². The molecular weight excluding hydrogens is 639 g/mol. The molecule has 1 unspecified atom stereocenters. The van der Waals surface area contributed by atoms with Crippen LogP contribution in [0.3, 0.4) is 0 Å². The fourth-order valence-corrected chi connectivity index (χ4v) is 5.75. The van der Waals surface area contributed by atoms with Crippen molar-refractivity contribution >= 4 is 43.3 Å². The van der Waals surface area contributed by atoms with Crippen molar-refractivity contribution in [1.82, 2.24) is 21.3 Å². The van der Waals surface area contributed by atoms with Crippen LogP contribution in [0.1, 0.15) is 108 Å². The summed E-state index contributed by atoms with van der Waals surface area (Å²) in [6.45, 7) is 18.2. The molecule has 1 saturated heterocycles. The first-order chi connectivity index (χ1) is 23.2. The van der Waals surface area contributed by atoms with Gasteiger partial charge in [0.25, 0.3) is 0 Å². The lowest BCUT2D eigenvalue weighted by Crippen LogP contribution is -2.52. The molecule has 0 aromatic rings. The van der Waals surface area contributed by atoms with Crippen molar-refractivity contribution in [3.63, 3.8) is 0 Å². The van der Waals surface area contributed by atoms with Gasteiger partial charge in [-0.25, -0.2) is 4.79 Å². The monoisotopic (exact) mass is 696 g/mol. The maximum atomic E-state index is 13.3. The zero-order valence-corrected chi connectivity index (χ0v) is 31.5. The number of allylic oxidation sites excluding steroid dienone is 4. The van der Waals surface area contributed by atoms with Gasteiger partial charge in [0.15, 0.2) is 11.6 Å². The Morgan fingerprint density at radius 3 is 2.16 bits per heavy atom. The number of carbonyl (C=O) groups is 6. The number of carbonyl (C=O) groups excluding carboxylic acids is 6. The van der Waals surface area contributed by atoms with Gasteiger partial charge in [0, 0.05) is 47.1 Å². The Bertz CT molecular complexity index is 1380. The summed E-state index contributed by atoms with van der Waals surface area (Å²) in [5.41, 5.74) is 1.25. The van der Waals surface area contributed by atoms with E-state index in [1.54, 1.807) is 47.6 Å². The number of rotatable bonds is 16. The van der Waals surface area contributed by atoms with Crippen LogP contribution < -0.4 is 21.3 Å². The molecule has 2 rings (SSSR count). The van der Waals surface area contributed by atoms with Crippen LogP contribution in [0.5, 0.6) is 0 Å². The average molecular weight is 697 g/mol. The van der Waals surface area contributed by atoms with Gasteiger partial charge in [0.1, 0.15) is 17.7 Å². The number of alkyl carbamates (subject to hydrolysis) is 1. The topological polar surface area (TPSA) is 169 Å². The smallest absolute Gasteiger partial charge is 0.408 e. The van der Waals surface area contributed by atoms with Crippen LogP contribution in [-0.2, 0) is 33.4 Å². The summed E-state index contributed by atoms with van der Waals surface area (Å²) in [6, 6.07) is -2.06. The normalized spacial score (nSPS) is 20.3. The number of nitrogens with one attached hydrogen (secondary N) is 4. The van der Waals surface area contributed by atoms with Crippen molar-refractivity contribution in [3.8, 4) is 0 Å². The Labute approximate surface area is 298 Å². The molecule has 1 aliphatic heterocycles. The van der Waals surface area contributed by atoms with E-state index >= 15 is 0 Å². The van der Waals surface area contributed by atoms with Crippen molar-refractivity contribution in [2.45, 2.75) is 149 Å². The lowest BCUT2D eigenvalue weighted by Gasteiger charge is -2.23. The number of esters is 1. The molecule has 0 bridgehead atoms. The highest BCUT2D eigenvalue weighted by Gasteiger charge is 2.34. The highest BCUT2D eigenvalue weighted by atomic mass is 16.6. The van der Waals surface area contributed by atoms with E-state index < -0.39 is 53.6 Å². The third-order valence-corrected chi connectivity index (χ3v) is 8.48. The Morgan fingerprint density at radius 1 is 0.920 bits per heavy atom. The van der Waals surface area contributed by atoms with Crippen LogP contribution in [0, 0.1) is 5.92 Å². The van der Waals surface area contributed by atoms with E-state index in [-0.39, 0.29) is 42.4 Å². The van der Waals surface area contributed by atoms with E-state index in [0.717, 1.165) is 0 Å². The van der Waals surface area contributed by atoms with Gasteiger partial charge in [-0.3, -0.25) is 24.0 Å². The predicted molar refractivity (Wildman–Crippen MR) is 192 cm³/mol. The number of ether oxygens (including phenoxy) is 2. The molecule has 13 heteroatoms. The molecule has 50 heavy (non-hydrogen) atoms. The zero-order chi connectivity index (χ0) is 37.9. The minimum absolute atomic E-state index is 0.118. The molecule has 5 atom stereocenters. The van der Waals surface area contributed by atoms with E-state index in [1.807, 2.05) is 27.7 Å². The summed E-state index contributed by atoms with van der Waals surface area (Å²) in [6.07, 6.45) is 4.58. The Kier molecular flexibility index (Phi) is 16.2. The molecule has 1 heterocycles. The Hall–Kier alpha value is -3.74. The van der Waals surface area contributed by atoms with Gasteiger partial charge >= 0.3 is 12.1 Å². The van der Waals surface area contributed by atoms with Gasteiger partial charge in [-0.05, 0) is 87.0 Å². The largest absolute Gasteiger partial charge is 0.461 e. The second kappa shape index (κ2) is 19.0. The summed E-state index contributed by atoms with van der Waals surface area (Å²) < 4.78 is 10.9. The lowest BCUT2D eigenvalue weighted by molar-refractivity contribution is -0.147. The first-order valence-electron chi connectivity index (χ1n) is 17.6. The minimum Gasteiger partial charge on any atom is -0.461 e. The van der Waals surface area contributed by atoms with Crippen molar-refractivity contribution in [2.24, 2.45) is 5.92 Å². The molecule has 1 aliphatic carbocycles. The molecule has 3 amide bonds. The van der Waals surface area contributed by atoms with Gasteiger partial charge in [0.05, 0.1) is 19.9 Å². The first-order valence-corrected chi connectivity index (χ1v) is 17.6. The minimum atomic E-state index is -1.09. The summed E-state index contributed by atoms with van der Waals surface area (Å²) in [7, 11) is 6.09. The van der Waals surface area contributed by atoms with E-state index in [2.05, 4.69) is 21.3 Å². The van der Waals surface area contributed by atoms with Crippen molar-refractivity contribution < 1.29 is 38.2 Å². The van der Waals surface area contributed by atoms with Crippen LogP contribution in [0.2, 0.25) is 5.82 Å². The molecule has 0 aromatic carbocycles. The molecule has 4 N–H and O–H groups in total. The molecule has 0 saturated carbocycles. The summed E-state index contributed by atoms with van der Waals surface area (Å²) >= 11 is 0. The molecular formula is C37H57BN4O8. The van der Waals surface area contributed by atoms with E-state index in [4.69, 9.17) is 17.3 Å². The second-order valence-electron chi connectivity index (χ2n) is 15.0. The summed E-state index contributed by atoms with van der Waals surface area (Å²) in [4.78, 5) is 76.7. The maximum Gasteiger partial charge on any atom is 0.408 e. The second-order valence-corrected chi connectivity index (χ2v) is 15.0. The molecule has 1 fully saturated rings. The summed E-state index contributed by atoms with van der Waals surface area (Å²) in [5.74, 6) is -2.47. The molecule has 0 aromatic heterocycles. The average Bonchev–Trinajstić information content (AvgIpc) is 3.47. The fourth-order valence-electron chi connectivity index (χ4n) is 5.75. The number of hydrogen-bond donors (Lipinski definition) is 4. The predicted octanol–water partition coefficient (Wildman–Crippen LogP) is 4.09. The molecule has 0 spiro atoms. The van der Waals surface area contributed by atoms with E-state index in [1.165, 1.54) is 6.08 Å². The first kappa shape index (κ1) is 42.4. The zero-order valence-electron chi connectivity index (χ0n) is 31.5. The number of ketones is 2. The van der Waals surface area contributed by atoms with Crippen molar-refractivity contribution in [2.75, 3.05) is 6.54 Å². The number of amides is 3. The SMILES string of the molecule is [B][C@@H](/C=C/[C@H](CC(C)C)NC(=O)OC(C)(C)C)C(=O)OC1CN[C@H](C(=O)N[C@@H](CCCCC2=C(C)C(=O)C(C)=C(C)C2=O)C(=O)NC(C)C)C1. The van der Waals surface area contributed by atoms with Crippen molar-refractivity contribution in [3.05, 3.63) is 34.4 Å². The molecule has 12 nitrogen and oxygen atoms in total. The van der Waals surface area contributed by atoms with E-state index in [9.17, 15) is 28.8 Å². The molecule has 276 valence electrons. The number of unbranched alkanes of at least 4 members (excludes halogenated alkanes) is 1. The van der Waals surface area contributed by atoms with Gasteiger partial charge < -0.3 is 30.7 Å². The van der Waals surface area contributed by atoms with Gasteiger partial charge in [0.2, 0.25) is 11.8 Å². The van der Waals surface area contributed by atoms with Crippen LogP contribution in [0.25, 0.3) is 0 Å². The van der Waals surface area contributed by atoms with Crippen LogP contribution in [0.4, 0.5) is 4.79 Å². The third-order valence-electron chi connectivity index (χ3n) is 8.48. The fraction of sp³-hybridized carbons (Fsp3) is 0.676.